The van der Waals surface area contributed by atoms with Gasteiger partial charge in [-0.2, -0.15) is 0 Å². The predicted octanol–water partition coefficient (Wildman–Crippen LogP) is 7.43. The van der Waals surface area contributed by atoms with E-state index >= 15 is 0 Å². The highest BCUT2D eigenvalue weighted by molar-refractivity contribution is 9.10. The lowest BCUT2D eigenvalue weighted by atomic mass is 9.98. The van der Waals surface area contributed by atoms with Gasteiger partial charge in [-0.3, -0.25) is 0 Å². The molecular formula is C21H17BrCl2FN3OS. The SMILES string of the molecule is O=C(Nc1ccc(Br)cc1F)N1CCC(c2nc(-c3ccc(Cl)c(Cl)c3)cs2)CC1. The first-order valence-electron chi connectivity index (χ1n) is 9.32. The molecule has 1 aliphatic heterocycles. The molecule has 0 aliphatic carbocycles. The van der Waals surface area contributed by atoms with Gasteiger partial charge in [0, 0.05) is 34.4 Å². The van der Waals surface area contributed by atoms with E-state index in [2.05, 4.69) is 21.2 Å². The Balaban J connectivity index is 1.37. The minimum absolute atomic E-state index is 0.177. The Morgan fingerprint density at radius 1 is 1.17 bits per heavy atom. The fourth-order valence-electron chi connectivity index (χ4n) is 3.38. The Morgan fingerprint density at radius 3 is 2.63 bits per heavy atom. The van der Waals surface area contributed by atoms with Crippen LogP contribution in [0.4, 0.5) is 14.9 Å². The van der Waals surface area contributed by atoms with Crippen molar-refractivity contribution >= 4 is 62.2 Å². The lowest BCUT2D eigenvalue weighted by Gasteiger charge is -2.31. The Morgan fingerprint density at radius 2 is 1.93 bits per heavy atom. The van der Waals surface area contributed by atoms with Crippen molar-refractivity contribution in [2.75, 3.05) is 18.4 Å². The van der Waals surface area contributed by atoms with Crippen LogP contribution in [0.1, 0.15) is 23.8 Å². The lowest BCUT2D eigenvalue weighted by molar-refractivity contribution is 0.194. The van der Waals surface area contributed by atoms with Gasteiger partial charge in [0.15, 0.2) is 0 Å². The molecule has 0 unspecified atom stereocenters. The summed E-state index contributed by atoms with van der Waals surface area (Å²) in [6.45, 7) is 1.19. The monoisotopic (exact) mass is 527 g/mol. The zero-order chi connectivity index (χ0) is 21.3. The van der Waals surface area contributed by atoms with Crippen LogP contribution in [-0.2, 0) is 0 Å². The molecule has 1 aliphatic rings. The molecule has 30 heavy (non-hydrogen) atoms. The minimum atomic E-state index is -0.467. The van der Waals surface area contributed by atoms with Gasteiger partial charge < -0.3 is 10.2 Å². The average Bonchev–Trinajstić information content (AvgIpc) is 3.22. The van der Waals surface area contributed by atoms with Crippen LogP contribution in [0, 0.1) is 5.82 Å². The third-order valence-electron chi connectivity index (χ3n) is 5.04. The third kappa shape index (κ3) is 4.80. The van der Waals surface area contributed by atoms with Gasteiger partial charge in [0.05, 0.1) is 26.4 Å². The number of nitrogens with zero attached hydrogens (tertiary/aromatic N) is 2. The lowest BCUT2D eigenvalue weighted by Crippen LogP contribution is -2.40. The summed E-state index contributed by atoms with van der Waals surface area (Å²) in [5, 5.41) is 6.74. The third-order valence-corrected chi connectivity index (χ3v) is 7.28. The standard InChI is InChI=1S/C21H17BrCl2FN3OS/c22-14-2-4-18(17(25)10-14)27-21(29)28-7-5-12(6-8-28)20-26-19(11-30-20)13-1-3-15(23)16(24)9-13/h1-4,9-12H,5-8H2,(H,27,29). The van der Waals surface area contributed by atoms with Crippen LogP contribution in [0.15, 0.2) is 46.3 Å². The van der Waals surface area contributed by atoms with E-state index < -0.39 is 5.82 Å². The maximum atomic E-state index is 14.0. The summed E-state index contributed by atoms with van der Waals surface area (Å²) in [7, 11) is 0. The first-order chi connectivity index (χ1) is 14.4. The van der Waals surface area contributed by atoms with Crippen molar-refractivity contribution < 1.29 is 9.18 Å². The molecule has 0 radical (unpaired) electrons. The van der Waals surface area contributed by atoms with Crippen LogP contribution in [0.5, 0.6) is 0 Å². The number of rotatable bonds is 3. The Bertz CT molecular complexity index is 1090. The number of carbonyl (C=O) groups is 1. The van der Waals surface area contributed by atoms with Crippen LogP contribution in [0.25, 0.3) is 11.3 Å². The average molecular weight is 529 g/mol. The van der Waals surface area contributed by atoms with E-state index in [1.807, 2.05) is 17.5 Å². The minimum Gasteiger partial charge on any atom is -0.324 e. The number of benzene rings is 2. The molecule has 1 saturated heterocycles. The van der Waals surface area contributed by atoms with Crippen LogP contribution < -0.4 is 5.32 Å². The van der Waals surface area contributed by atoms with E-state index in [0.29, 0.717) is 33.5 Å². The number of anilines is 1. The van der Waals surface area contributed by atoms with Crippen LogP contribution >= 0.6 is 50.5 Å². The van der Waals surface area contributed by atoms with Gasteiger partial charge in [-0.25, -0.2) is 14.2 Å². The molecule has 0 atom stereocenters. The molecule has 2 amide bonds. The van der Waals surface area contributed by atoms with Crippen molar-refractivity contribution in [2.24, 2.45) is 0 Å². The Hall–Kier alpha value is -1.67. The molecule has 4 rings (SSSR count). The second-order valence-electron chi connectivity index (χ2n) is 7.02. The molecule has 2 heterocycles. The molecule has 4 nitrogen and oxygen atoms in total. The van der Waals surface area contributed by atoms with E-state index in [1.54, 1.807) is 34.4 Å². The van der Waals surface area contributed by atoms with Gasteiger partial charge in [0.1, 0.15) is 5.82 Å². The summed E-state index contributed by atoms with van der Waals surface area (Å²) in [6.07, 6.45) is 1.62. The largest absolute Gasteiger partial charge is 0.324 e. The van der Waals surface area contributed by atoms with Gasteiger partial charge >= 0.3 is 6.03 Å². The highest BCUT2D eigenvalue weighted by atomic mass is 79.9. The number of carbonyl (C=O) groups excluding carboxylic acids is 1. The molecule has 0 saturated carbocycles. The normalized spacial score (nSPS) is 14.7. The number of piperidine rings is 1. The zero-order valence-corrected chi connectivity index (χ0v) is 19.6. The maximum absolute atomic E-state index is 14.0. The molecule has 1 aromatic heterocycles. The number of aromatic nitrogens is 1. The fourth-order valence-corrected chi connectivity index (χ4v) is 5.01. The molecule has 1 N–H and O–H groups in total. The highest BCUT2D eigenvalue weighted by Gasteiger charge is 2.26. The highest BCUT2D eigenvalue weighted by Crippen LogP contribution is 2.34. The summed E-state index contributed by atoms with van der Waals surface area (Å²) in [6, 6.07) is 9.77. The first-order valence-corrected chi connectivity index (χ1v) is 11.8. The van der Waals surface area contributed by atoms with E-state index in [0.717, 1.165) is 29.1 Å². The molecule has 9 heteroatoms. The van der Waals surface area contributed by atoms with Crippen molar-refractivity contribution in [1.29, 1.82) is 0 Å². The molecular weight excluding hydrogens is 512 g/mol. The van der Waals surface area contributed by atoms with E-state index in [1.165, 1.54) is 6.07 Å². The van der Waals surface area contributed by atoms with Crippen LogP contribution in [0.3, 0.4) is 0 Å². The van der Waals surface area contributed by atoms with Crippen molar-refractivity contribution in [1.82, 2.24) is 9.88 Å². The number of urea groups is 1. The van der Waals surface area contributed by atoms with Crippen molar-refractivity contribution in [3.63, 3.8) is 0 Å². The molecule has 3 aromatic rings. The topological polar surface area (TPSA) is 45.2 Å². The van der Waals surface area contributed by atoms with Crippen molar-refractivity contribution in [2.45, 2.75) is 18.8 Å². The number of amides is 2. The second-order valence-corrected chi connectivity index (χ2v) is 9.64. The second kappa shape index (κ2) is 9.22. The Kier molecular flexibility index (Phi) is 6.63. The summed E-state index contributed by atoms with van der Waals surface area (Å²) in [5.41, 5.74) is 1.98. The smallest absolute Gasteiger partial charge is 0.321 e. The van der Waals surface area contributed by atoms with E-state index in [9.17, 15) is 9.18 Å². The van der Waals surface area contributed by atoms with E-state index in [-0.39, 0.29) is 11.7 Å². The summed E-state index contributed by atoms with van der Waals surface area (Å²) in [4.78, 5) is 19.0. The summed E-state index contributed by atoms with van der Waals surface area (Å²) >= 11 is 16.9. The molecule has 0 spiro atoms. The van der Waals surface area contributed by atoms with Crippen molar-refractivity contribution in [3.05, 3.63) is 67.1 Å². The predicted molar refractivity (Wildman–Crippen MR) is 124 cm³/mol. The summed E-state index contributed by atoms with van der Waals surface area (Å²) in [5.74, 6) is -0.176. The number of nitrogens with one attached hydrogen (secondary N) is 1. The fraction of sp³-hybridized carbons (Fsp3) is 0.238. The maximum Gasteiger partial charge on any atom is 0.321 e. The zero-order valence-electron chi connectivity index (χ0n) is 15.7. The quantitative estimate of drug-likeness (QED) is 0.384. The van der Waals surface area contributed by atoms with Crippen LogP contribution in [-0.4, -0.2) is 29.0 Å². The number of halogens is 4. The van der Waals surface area contributed by atoms with Gasteiger partial charge in [0.25, 0.3) is 0 Å². The number of hydrogen-bond donors (Lipinski definition) is 1. The molecule has 156 valence electrons. The van der Waals surface area contributed by atoms with E-state index in [4.69, 9.17) is 28.2 Å². The van der Waals surface area contributed by atoms with Gasteiger partial charge in [-0.15, -0.1) is 11.3 Å². The van der Waals surface area contributed by atoms with Crippen LogP contribution in [0.2, 0.25) is 10.0 Å². The van der Waals surface area contributed by atoms with Gasteiger partial charge in [-0.1, -0.05) is 45.2 Å². The van der Waals surface area contributed by atoms with Gasteiger partial charge in [0.2, 0.25) is 0 Å². The molecule has 1 fully saturated rings. The number of likely N-dealkylation sites (tertiary alicyclic amines) is 1. The number of thiazole rings is 1. The van der Waals surface area contributed by atoms with Crippen molar-refractivity contribution in [3.8, 4) is 11.3 Å². The molecule has 0 bridgehead atoms. The summed E-state index contributed by atoms with van der Waals surface area (Å²) < 4.78 is 14.6. The van der Waals surface area contributed by atoms with Gasteiger partial charge in [-0.05, 0) is 43.2 Å². The first kappa shape index (κ1) is 21.6. The Labute approximate surface area is 196 Å². The molecule has 2 aromatic carbocycles. The number of hydrogen-bond acceptors (Lipinski definition) is 3.